The monoisotopic (exact) mass is 371 g/mol. The maximum Gasteiger partial charge on any atom is 0.227 e. The standard InChI is InChI=1S/C17H21N3O2.2ClH/c18-12-17(5-7-22-8-6-17)16(21)20-11-13-9-14-3-1-2-4-15(14)19-10-13;;/h1-4,9-10H,5-8,11-12,18H2,(H,20,21);2*1H. The minimum atomic E-state index is -0.484. The van der Waals surface area contributed by atoms with Crippen molar-refractivity contribution in [1.29, 1.82) is 0 Å². The zero-order valence-corrected chi connectivity index (χ0v) is 15.0. The minimum Gasteiger partial charge on any atom is -0.381 e. The fourth-order valence-electron chi connectivity index (χ4n) is 2.87. The number of halogens is 2. The Kier molecular flexibility index (Phi) is 7.90. The quantitative estimate of drug-likeness (QED) is 0.864. The van der Waals surface area contributed by atoms with Crippen molar-refractivity contribution in [1.82, 2.24) is 10.3 Å². The molecule has 0 spiro atoms. The molecule has 2 aromatic rings. The Bertz CT molecular complexity index is 676. The average molecular weight is 372 g/mol. The van der Waals surface area contributed by atoms with Crippen molar-refractivity contribution in [2.24, 2.45) is 11.1 Å². The van der Waals surface area contributed by atoms with E-state index >= 15 is 0 Å². The molecule has 2 heterocycles. The highest BCUT2D eigenvalue weighted by Crippen LogP contribution is 2.29. The first-order chi connectivity index (χ1) is 10.7. The van der Waals surface area contributed by atoms with Crippen molar-refractivity contribution in [2.75, 3.05) is 19.8 Å². The molecular weight excluding hydrogens is 349 g/mol. The lowest BCUT2D eigenvalue weighted by Crippen LogP contribution is -2.48. The molecule has 7 heteroatoms. The Morgan fingerprint density at radius 1 is 1.25 bits per heavy atom. The predicted octanol–water partition coefficient (Wildman–Crippen LogP) is 2.45. The van der Waals surface area contributed by atoms with Gasteiger partial charge in [-0.25, -0.2) is 0 Å². The van der Waals surface area contributed by atoms with Gasteiger partial charge in [0.2, 0.25) is 5.91 Å². The predicted molar refractivity (Wildman–Crippen MR) is 99.6 cm³/mol. The molecule has 1 aromatic carbocycles. The SMILES string of the molecule is Cl.Cl.NCC1(C(=O)NCc2cnc3ccccc3c2)CCOCC1. The number of hydrogen-bond donors (Lipinski definition) is 2. The highest BCUT2D eigenvalue weighted by Gasteiger charge is 2.38. The largest absolute Gasteiger partial charge is 0.381 e. The van der Waals surface area contributed by atoms with Gasteiger partial charge in [-0.2, -0.15) is 0 Å². The second-order valence-electron chi connectivity index (χ2n) is 5.82. The van der Waals surface area contributed by atoms with Gasteiger partial charge in [0.15, 0.2) is 0 Å². The third kappa shape index (κ3) is 4.36. The number of nitrogens with zero attached hydrogens (tertiary/aromatic N) is 1. The molecule has 0 radical (unpaired) electrons. The number of fused-ring (bicyclic) bond motifs is 1. The number of carbonyl (C=O) groups is 1. The zero-order chi connectivity index (χ0) is 15.4. The molecule has 0 saturated carbocycles. The van der Waals surface area contributed by atoms with Crippen LogP contribution in [-0.2, 0) is 16.1 Å². The van der Waals surface area contributed by atoms with Crippen LogP contribution in [-0.4, -0.2) is 30.6 Å². The van der Waals surface area contributed by atoms with Gasteiger partial charge in [-0.15, -0.1) is 24.8 Å². The van der Waals surface area contributed by atoms with E-state index < -0.39 is 5.41 Å². The normalized spacial score (nSPS) is 15.9. The molecule has 1 aliphatic rings. The van der Waals surface area contributed by atoms with Crippen molar-refractivity contribution >= 4 is 41.6 Å². The molecule has 1 amide bonds. The van der Waals surface area contributed by atoms with E-state index in [0.717, 1.165) is 16.5 Å². The number of benzene rings is 1. The zero-order valence-electron chi connectivity index (χ0n) is 13.4. The van der Waals surface area contributed by atoms with E-state index in [-0.39, 0.29) is 30.7 Å². The van der Waals surface area contributed by atoms with Gasteiger partial charge in [-0.05, 0) is 30.5 Å². The van der Waals surface area contributed by atoms with E-state index in [4.69, 9.17) is 10.5 Å². The first-order valence-electron chi connectivity index (χ1n) is 7.63. The Balaban J connectivity index is 0.00000144. The van der Waals surface area contributed by atoms with Crippen LogP contribution in [0.25, 0.3) is 10.9 Å². The van der Waals surface area contributed by atoms with Crippen LogP contribution in [0, 0.1) is 5.41 Å². The van der Waals surface area contributed by atoms with E-state index in [9.17, 15) is 4.79 Å². The smallest absolute Gasteiger partial charge is 0.227 e. The number of hydrogen-bond acceptors (Lipinski definition) is 4. The lowest BCUT2D eigenvalue weighted by molar-refractivity contribution is -0.136. The number of rotatable bonds is 4. The van der Waals surface area contributed by atoms with Gasteiger partial charge < -0.3 is 15.8 Å². The highest BCUT2D eigenvalue weighted by atomic mass is 35.5. The lowest BCUT2D eigenvalue weighted by Gasteiger charge is -2.34. The Labute approximate surface area is 154 Å². The summed E-state index contributed by atoms with van der Waals surface area (Å²) >= 11 is 0. The fraction of sp³-hybridized carbons (Fsp3) is 0.412. The molecule has 3 N–H and O–H groups in total. The molecule has 5 nitrogen and oxygen atoms in total. The van der Waals surface area contributed by atoms with Crippen LogP contribution in [0.2, 0.25) is 0 Å². The summed E-state index contributed by atoms with van der Waals surface area (Å²) in [5, 5.41) is 4.09. The van der Waals surface area contributed by atoms with Gasteiger partial charge >= 0.3 is 0 Å². The van der Waals surface area contributed by atoms with Crippen molar-refractivity contribution in [3.05, 3.63) is 42.1 Å². The average Bonchev–Trinajstić information content (AvgIpc) is 2.60. The molecule has 132 valence electrons. The van der Waals surface area contributed by atoms with E-state index in [1.807, 2.05) is 30.5 Å². The molecule has 1 aromatic heterocycles. The summed E-state index contributed by atoms with van der Waals surface area (Å²) in [5.41, 5.74) is 7.32. The van der Waals surface area contributed by atoms with Gasteiger partial charge in [0.25, 0.3) is 0 Å². The molecule has 0 bridgehead atoms. The van der Waals surface area contributed by atoms with Crippen LogP contribution in [0.5, 0.6) is 0 Å². The molecule has 0 atom stereocenters. The topological polar surface area (TPSA) is 77.2 Å². The second kappa shape index (κ2) is 9.18. The molecule has 0 aliphatic carbocycles. The number of nitrogens with two attached hydrogens (primary N) is 1. The van der Waals surface area contributed by atoms with E-state index in [2.05, 4.69) is 16.4 Å². The summed E-state index contributed by atoms with van der Waals surface area (Å²) in [5.74, 6) is 0.0199. The lowest BCUT2D eigenvalue weighted by atomic mass is 9.79. The number of carbonyl (C=O) groups excluding carboxylic acids is 1. The molecule has 3 rings (SSSR count). The summed E-state index contributed by atoms with van der Waals surface area (Å²) in [6.45, 7) is 2.03. The Morgan fingerprint density at radius 2 is 1.96 bits per heavy atom. The first kappa shape index (κ1) is 20.6. The van der Waals surface area contributed by atoms with E-state index in [1.54, 1.807) is 0 Å². The van der Waals surface area contributed by atoms with Crippen LogP contribution >= 0.6 is 24.8 Å². The number of nitrogens with one attached hydrogen (secondary N) is 1. The molecule has 1 fully saturated rings. The number of pyridine rings is 1. The number of para-hydroxylation sites is 1. The van der Waals surface area contributed by atoms with E-state index in [0.29, 0.717) is 39.1 Å². The molecular formula is C17H23Cl2N3O2. The van der Waals surface area contributed by atoms with Crippen LogP contribution in [0.15, 0.2) is 36.5 Å². The summed E-state index contributed by atoms with van der Waals surface area (Å²) in [7, 11) is 0. The number of aromatic nitrogens is 1. The highest BCUT2D eigenvalue weighted by molar-refractivity contribution is 5.85. The van der Waals surface area contributed by atoms with Gasteiger partial charge in [0.05, 0.1) is 10.9 Å². The van der Waals surface area contributed by atoms with Crippen LogP contribution in [0.1, 0.15) is 18.4 Å². The molecule has 1 aliphatic heterocycles. The second-order valence-corrected chi connectivity index (χ2v) is 5.82. The number of amides is 1. The van der Waals surface area contributed by atoms with Gasteiger partial charge in [0, 0.05) is 37.9 Å². The Hall–Kier alpha value is -1.40. The van der Waals surface area contributed by atoms with Crippen LogP contribution < -0.4 is 11.1 Å². The summed E-state index contributed by atoms with van der Waals surface area (Å²) in [6.07, 6.45) is 3.18. The summed E-state index contributed by atoms with van der Waals surface area (Å²) in [6, 6.07) is 10.0. The van der Waals surface area contributed by atoms with Crippen molar-refractivity contribution in [3.8, 4) is 0 Å². The van der Waals surface area contributed by atoms with Gasteiger partial charge in [-0.1, -0.05) is 18.2 Å². The van der Waals surface area contributed by atoms with E-state index in [1.165, 1.54) is 0 Å². The van der Waals surface area contributed by atoms with Crippen molar-refractivity contribution < 1.29 is 9.53 Å². The maximum atomic E-state index is 12.5. The first-order valence-corrected chi connectivity index (χ1v) is 7.63. The summed E-state index contributed by atoms with van der Waals surface area (Å²) < 4.78 is 5.34. The minimum absolute atomic E-state index is 0. The van der Waals surface area contributed by atoms with Gasteiger partial charge in [0.1, 0.15) is 0 Å². The number of ether oxygens (including phenoxy) is 1. The van der Waals surface area contributed by atoms with Crippen LogP contribution in [0.4, 0.5) is 0 Å². The Morgan fingerprint density at radius 3 is 2.67 bits per heavy atom. The molecule has 24 heavy (non-hydrogen) atoms. The summed E-state index contributed by atoms with van der Waals surface area (Å²) in [4.78, 5) is 16.9. The van der Waals surface area contributed by atoms with Crippen molar-refractivity contribution in [3.63, 3.8) is 0 Å². The van der Waals surface area contributed by atoms with Crippen LogP contribution in [0.3, 0.4) is 0 Å². The fourth-order valence-corrected chi connectivity index (χ4v) is 2.87. The third-order valence-corrected chi connectivity index (χ3v) is 4.42. The molecule has 1 saturated heterocycles. The maximum absolute atomic E-state index is 12.5. The van der Waals surface area contributed by atoms with Gasteiger partial charge in [-0.3, -0.25) is 9.78 Å². The third-order valence-electron chi connectivity index (χ3n) is 4.42. The molecule has 0 unspecified atom stereocenters. The van der Waals surface area contributed by atoms with Crippen molar-refractivity contribution in [2.45, 2.75) is 19.4 Å².